The molecule has 32 heavy (non-hydrogen) atoms. The summed E-state index contributed by atoms with van der Waals surface area (Å²) in [6.07, 6.45) is 1.05. The Morgan fingerprint density at radius 1 is 1.06 bits per heavy atom. The molecular formula is C23H31ClN2O5S. The van der Waals surface area contributed by atoms with Gasteiger partial charge in [0.1, 0.15) is 18.0 Å². The van der Waals surface area contributed by atoms with Crippen molar-refractivity contribution in [1.82, 2.24) is 5.32 Å². The van der Waals surface area contributed by atoms with Gasteiger partial charge in [0.2, 0.25) is 15.9 Å². The summed E-state index contributed by atoms with van der Waals surface area (Å²) in [5, 5.41) is 3.16. The zero-order valence-electron chi connectivity index (χ0n) is 19.5. The first-order chi connectivity index (χ1) is 14.9. The predicted molar refractivity (Wildman–Crippen MR) is 129 cm³/mol. The van der Waals surface area contributed by atoms with Crippen LogP contribution in [0.4, 0.5) is 5.69 Å². The standard InChI is InChI=1S/C23H31ClN2O5S/c1-14(2)18-12-19(15(3)10-22(18)31-6)16(4)25-23(27)13-26(32(7,28)29)17-8-9-21(30-5)20(24)11-17/h8-12,14,16H,13H2,1-7H3,(H,25,27)/t16-/m1/s1. The number of ether oxygens (including phenoxy) is 2. The number of methoxy groups -OCH3 is 2. The molecule has 0 aliphatic rings. The average Bonchev–Trinajstić information content (AvgIpc) is 2.70. The van der Waals surface area contributed by atoms with Gasteiger partial charge in [0.25, 0.3) is 0 Å². The van der Waals surface area contributed by atoms with Crippen molar-refractivity contribution in [3.63, 3.8) is 0 Å². The Morgan fingerprint density at radius 3 is 2.19 bits per heavy atom. The molecule has 0 aliphatic heterocycles. The molecule has 0 spiro atoms. The van der Waals surface area contributed by atoms with Crippen molar-refractivity contribution in [3.05, 3.63) is 52.0 Å². The summed E-state index contributed by atoms with van der Waals surface area (Å²) in [4.78, 5) is 12.8. The number of carbonyl (C=O) groups excluding carboxylic acids is 1. The molecule has 2 rings (SSSR count). The maximum atomic E-state index is 12.8. The molecule has 0 saturated heterocycles. The summed E-state index contributed by atoms with van der Waals surface area (Å²) in [5.41, 5.74) is 3.24. The zero-order valence-corrected chi connectivity index (χ0v) is 21.1. The van der Waals surface area contributed by atoms with Gasteiger partial charge in [0, 0.05) is 0 Å². The van der Waals surface area contributed by atoms with Crippen LogP contribution in [0.2, 0.25) is 5.02 Å². The van der Waals surface area contributed by atoms with Gasteiger partial charge < -0.3 is 14.8 Å². The summed E-state index contributed by atoms with van der Waals surface area (Å²) in [6, 6.07) is 8.22. The second kappa shape index (κ2) is 10.4. The van der Waals surface area contributed by atoms with Gasteiger partial charge in [0.05, 0.1) is 37.2 Å². The van der Waals surface area contributed by atoms with E-state index in [0.29, 0.717) is 5.75 Å². The lowest BCUT2D eigenvalue weighted by Gasteiger charge is -2.25. The second-order valence-corrected chi connectivity index (χ2v) is 10.3. The quantitative estimate of drug-likeness (QED) is 0.571. The third kappa shape index (κ3) is 6.07. The topological polar surface area (TPSA) is 84.9 Å². The summed E-state index contributed by atoms with van der Waals surface area (Å²) in [6.45, 7) is 7.59. The van der Waals surface area contributed by atoms with Crippen LogP contribution in [-0.2, 0) is 14.8 Å². The van der Waals surface area contributed by atoms with Crippen LogP contribution in [0.5, 0.6) is 11.5 Å². The van der Waals surface area contributed by atoms with E-state index >= 15 is 0 Å². The smallest absolute Gasteiger partial charge is 0.241 e. The first-order valence-corrected chi connectivity index (χ1v) is 12.4. The molecule has 0 heterocycles. The Balaban J connectivity index is 2.27. The van der Waals surface area contributed by atoms with Gasteiger partial charge in [-0.3, -0.25) is 9.10 Å². The van der Waals surface area contributed by atoms with Crippen LogP contribution in [0.3, 0.4) is 0 Å². The van der Waals surface area contributed by atoms with E-state index < -0.39 is 15.9 Å². The van der Waals surface area contributed by atoms with E-state index in [9.17, 15) is 13.2 Å². The fourth-order valence-electron chi connectivity index (χ4n) is 3.52. The predicted octanol–water partition coefficient (Wildman–Crippen LogP) is 4.43. The molecule has 1 amide bonds. The van der Waals surface area contributed by atoms with Crippen LogP contribution < -0.4 is 19.1 Å². The van der Waals surface area contributed by atoms with E-state index in [0.717, 1.165) is 33.0 Å². The number of amides is 1. The van der Waals surface area contributed by atoms with Crippen molar-refractivity contribution >= 4 is 33.2 Å². The number of benzene rings is 2. The number of hydrogen-bond acceptors (Lipinski definition) is 5. The third-order valence-corrected chi connectivity index (χ3v) is 6.63. The minimum Gasteiger partial charge on any atom is -0.496 e. The lowest BCUT2D eigenvalue weighted by Crippen LogP contribution is -2.41. The summed E-state index contributed by atoms with van der Waals surface area (Å²) in [5.74, 6) is 1.03. The molecule has 1 N–H and O–H groups in total. The van der Waals surface area contributed by atoms with Crippen molar-refractivity contribution in [3.8, 4) is 11.5 Å². The number of carbonyl (C=O) groups is 1. The highest BCUT2D eigenvalue weighted by molar-refractivity contribution is 7.92. The Morgan fingerprint density at radius 2 is 1.69 bits per heavy atom. The van der Waals surface area contributed by atoms with Crippen molar-refractivity contribution < 1.29 is 22.7 Å². The first-order valence-electron chi connectivity index (χ1n) is 10.2. The minimum absolute atomic E-state index is 0.243. The molecule has 0 saturated carbocycles. The van der Waals surface area contributed by atoms with Crippen LogP contribution in [-0.4, -0.2) is 41.3 Å². The molecule has 9 heteroatoms. The Labute approximate surface area is 195 Å². The number of anilines is 1. The van der Waals surface area contributed by atoms with Crippen molar-refractivity contribution in [1.29, 1.82) is 0 Å². The highest BCUT2D eigenvalue weighted by Gasteiger charge is 2.24. The number of rotatable bonds is 9. The largest absolute Gasteiger partial charge is 0.496 e. The fraction of sp³-hybridized carbons (Fsp3) is 0.435. The van der Waals surface area contributed by atoms with Gasteiger partial charge in [0.15, 0.2) is 0 Å². The lowest BCUT2D eigenvalue weighted by molar-refractivity contribution is -0.120. The third-order valence-electron chi connectivity index (χ3n) is 5.20. The normalized spacial score (nSPS) is 12.4. The van der Waals surface area contributed by atoms with E-state index in [1.165, 1.54) is 13.2 Å². The van der Waals surface area contributed by atoms with Gasteiger partial charge in [-0.2, -0.15) is 0 Å². The minimum atomic E-state index is -3.73. The van der Waals surface area contributed by atoms with Gasteiger partial charge in [-0.25, -0.2) is 8.42 Å². The number of nitrogens with one attached hydrogen (secondary N) is 1. The molecule has 2 aromatic rings. The van der Waals surface area contributed by atoms with Crippen LogP contribution in [0.15, 0.2) is 30.3 Å². The van der Waals surface area contributed by atoms with E-state index in [4.69, 9.17) is 21.1 Å². The Bertz CT molecular complexity index is 1090. The molecule has 7 nitrogen and oxygen atoms in total. The molecular weight excluding hydrogens is 452 g/mol. The van der Waals surface area contributed by atoms with Gasteiger partial charge in [-0.15, -0.1) is 0 Å². The van der Waals surface area contributed by atoms with Crippen LogP contribution in [0.25, 0.3) is 0 Å². The monoisotopic (exact) mass is 482 g/mol. The molecule has 1 atom stereocenters. The molecule has 2 aromatic carbocycles. The van der Waals surface area contributed by atoms with Gasteiger partial charge in [-0.1, -0.05) is 25.4 Å². The lowest BCUT2D eigenvalue weighted by atomic mass is 9.93. The molecule has 0 radical (unpaired) electrons. The summed E-state index contributed by atoms with van der Waals surface area (Å²) < 4.78 is 36.4. The number of aryl methyl sites for hydroxylation is 1. The fourth-order valence-corrected chi connectivity index (χ4v) is 4.62. The van der Waals surface area contributed by atoms with Gasteiger partial charge in [-0.05, 0) is 66.8 Å². The molecule has 0 bridgehead atoms. The number of halogens is 1. The van der Waals surface area contributed by atoms with E-state index in [-0.39, 0.29) is 29.2 Å². The van der Waals surface area contributed by atoms with Crippen molar-refractivity contribution in [2.24, 2.45) is 0 Å². The first kappa shape index (κ1) is 25.8. The molecule has 176 valence electrons. The van der Waals surface area contributed by atoms with Gasteiger partial charge >= 0.3 is 0 Å². The van der Waals surface area contributed by atoms with E-state index in [1.54, 1.807) is 19.2 Å². The maximum Gasteiger partial charge on any atom is 0.241 e. The summed E-state index contributed by atoms with van der Waals surface area (Å²) in [7, 11) is -0.625. The molecule has 0 aliphatic carbocycles. The molecule has 0 fully saturated rings. The number of nitrogens with zero attached hydrogens (tertiary/aromatic N) is 1. The van der Waals surface area contributed by atoms with Crippen LogP contribution in [0.1, 0.15) is 49.4 Å². The van der Waals surface area contributed by atoms with Crippen molar-refractivity contribution in [2.45, 2.75) is 39.7 Å². The van der Waals surface area contributed by atoms with Crippen LogP contribution in [0, 0.1) is 6.92 Å². The highest BCUT2D eigenvalue weighted by atomic mass is 35.5. The Kier molecular flexibility index (Phi) is 8.42. The average molecular weight is 483 g/mol. The zero-order chi connectivity index (χ0) is 24.2. The maximum absolute atomic E-state index is 12.8. The number of sulfonamides is 1. The van der Waals surface area contributed by atoms with Crippen LogP contribution >= 0.6 is 11.6 Å². The van der Waals surface area contributed by atoms with E-state index in [1.807, 2.05) is 26.0 Å². The second-order valence-electron chi connectivity index (χ2n) is 7.98. The summed E-state index contributed by atoms with van der Waals surface area (Å²) >= 11 is 6.15. The molecule has 0 aromatic heterocycles. The highest BCUT2D eigenvalue weighted by Crippen LogP contribution is 2.32. The number of hydrogen-bond donors (Lipinski definition) is 1. The SMILES string of the molecule is COc1ccc(N(CC(=O)N[C@H](C)c2cc(C(C)C)c(OC)cc2C)S(C)(=O)=O)cc1Cl. The van der Waals surface area contributed by atoms with E-state index in [2.05, 4.69) is 19.2 Å². The molecule has 0 unspecified atom stereocenters. The van der Waals surface area contributed by atoms with Crippen molar-refractivity contribution in [2.75, 3.05) is 31.3 Å². The Hall–Kier alpha value is -2.45.